The van der Waals surface area contributed by atoms with Crippen LogP contribution in [0.2, 0.25) is 0 Å². The highest BCUT2D eigenvalue weighted by Gasteiger charge is 2.43. The van der Waals surface area contributed by atoms with Crippen LogP contribution in [0, 0.1) is 13.8 Å². The average molecular weight is 504 g/mol. The van der Waals surface area contributed by atoms with Gasteiger partial charge in [0.1, 0.15) is 16.0 Å². The summed E-state index contributed by atoms with van der Waals surface area (Å²) in [4.78, 5) is 16.4. The standard InChI is InChI=1S/C27H35F2N3O2S/c1-20-6-10-22(11-7-20)19-31(23-14-16-27(28,29)17-15-23)26(33)25-5-4-18-32(25)35(34,30-3)24-12-8-21(2)9-13-24/h6-13,23,25H,4-5,14-19H2,1-3H3/t25-,35?/m0/s1. The number of halogens is 2. The Kier molecular flexibility index (Phi) is 7.62. The van der Waals surface area contributed by atoms with E-state index in [4.69, 9.17) is 0 Å². The summed E-state index contributed by atoms with van der Waals surface area (Å²) in [5, 5.41) is 0. The van der Waals surface area contributed by atoms with Crippen LogP contribution in [-0.2, 0) is 21.3 Å². The number of aryl methyl sites for hydroxylation is 2. The molecule has 190 valence electrons. The van der Waals surface area contributed by atoms with Crippen molar-refractivity contribution >= 4 is 15.8 Å². The Morgan fingerprint density at radius 2 is 1.60 bits per heavy atom. The molecule has 1 saturated carbocycles. The van der Waals surface area contributed by atoms with Crippen LogP contribution in [0.15, 0.2) is 57.8 Å². The van der Waals surface area contributed by atoms with E-state index in [0.717, 1.165) is 23.1 Å². The molecule has 1 saturated heterocycles. The third-order valence-corrected chi connectivity index (χ3v) is 9.72. The average Bonchev–Trinajstić information content (AvgIpc) is 3.34. The van der Waals surface area contributed by atoms with Crippen LogP contribution >= 0.6 is 0 Å². The molecule has 0 radical (unpaired) electrons. The Labute approximate surface area is 207 Å². The molecule has 0 spiro atoms. The summed E-state index contributed by atoms with van der Waals surface area (Å²) < 4.78 is 48.1. The maximum atomic E-state index is 14.2. The molecule has 1 aliphatic heterocycles. The van der Waals surface area contributed by atoms with Crippen molar-refractivity contribution in [3.8, 4) is 0 Å². The number of hydrogen-bond donors (Lipinski definition) is 0. The maximum Gasteiger partial charge on any atom is 0.248 e. The van der Waals surface area contributed by atoms with E-state index in [-0.39, 0.29) is 37.6 Å². The van der Waals surface area contributed by atoms with Crippen LogP contribution in [-0.4, -0.2) is 50.9 Å². The summed E-state index contributed by atoms with van der Waals surface area (Å²) in [6.07, 6.45) is 1.41. The van der Waals surface area contributed by atoms with Gasteiger partial charge in [0, 0.05) is 39.0 Å². The van der Waals surface area contributed by atoms with Gasteiger partial charge in [-0.1, -0.05) is 47.5 Å². The molecule has 0 N–H and O–H groups in total. The molecular weight excluding hydrogens is 468 g/mol. The molecule has 4 rings (SSSR count). The number of carbonyl (C=O) groups is 1. The molecule has 2 aromatic carbocycles. The lowest BCUT2D eigenvalue weighted by Gasteiger charge is -2.39. The van der Waals surface area contributed by atoms with E-state index in [1.54, 1.807) is 9.21 Å². The first-order chi connectivity index (χ1) is 16.6. The van der Waals surface area contributed by atoms with Gasteiger partial charge in [0.05, 0.1) is 4.90 Å². The van der Waals surface area contributed by atoms with Gasteiger partial charge in [-0.2, -0.15) is 0 Å². The quantitative estimate of drug-likeness (QED) is 0.504. The molecule has 0 bridgehead atoms. The Morgan fingerprint density at radius 1 is 1.03 bits per heavy atom. The Hall–Kier alpha value is -2.32. The summed E-state index contributed by atoms with van der Waals surface area (Å²) in [5.74, 6) is -2.81. The molecule has 5 nitrogen and oxygen atoms in total. The van der Waals surface area contributed by atoms with Crippen molar-refractivity contribution < 1.29 is 17.8 Å². The molecule has 1 heterocycles. The summed E-state index contributed by atoms with van der Waals surface area (Å²) >= 11 is 0. The summed E-state index contributed by atoms with van der Waals surface area (Å²) in [6, 6.07) is 14.5. The zero-order chi connectivity index (χ0) is 25.2. The molecule has 1 amide bonds. The molecule has 2 aromatic rings. The predicted octanol–water partition coefficient (Wildman–Crippen LogP) is 5.75. The zero-order valence-electron chi connectivity index (χ0n) is 20.8. The highest BCUT2D eigenvalue weighted by atomic mass is 32.2. The van der Waals surface area contributed by atoms with E-state index >= 15 is 0 Å². The number of benzene rings is 2. The van der Waals surface area contributed by atoms with Gasteiger partial charge in [-0.15, -0.1) is 0 Å². The number of hydrogen-bond acceptors (Lipinski definition) is 3. The molecule has 0 aromatic heterocycles. The third-order valence-electron chi connectivity index (χ3n) is 7.27. The van der Waals surface area contributed by atoms with Crippen molar-refractivity contribution in [1.29, 1.82) is 0 Å². The van der Waals surface area contributed by atoms with Gasteiger partial charge < -0.3 is 4.90 Å². The van der Waals surface area contributed by atoms with Gasteiger partial charge in [-0.05, 0) is 57.2 Å². The lowest BCUT2D eigenvalue weighted by Crippen LogP contribution is -2.52. The Morgan fingerprint density at radius 3 is 2.17 bits per heavy atom. The van der Waals surface area contributed by atoms with Gasteiger partial charge in [0.25, 0.3) is 0 Å². The largest absolute Gasteiger partial charge is 0.334 e. The maximum absolute atomic E-state index is 14.2. The minimum atomic E-state index is -2.97. The summed E-state index contributed by atoms with van der Waals surface area (Å²) in [5.41, 5.74) is 3.14. The summed E-state index contributed by atoms with van der Waals surface area (Å²) in [6.45, 7) is 4.83. The van der Waals surface area contributed by atoms with Crippen LogP contribution in [0.5, 0.6) is 0 Å². The fraction of sp³-hybridized carbons (Fsp3) is 0.519. The monoisotopic (exact) mass is 503 g/mol. The van der Waals surface area contributed by atoms with Crippen molar-refractivity contribution in [2.24, 2.45) is 4.36 Å². The van der Waals surface area contributed by atoms with E-state index in [1.807, 2.05) is 62.4 Å². The third kappa shape index (κ3) is 5.59. The fourth-order valence-electron chi connectivity index (χ4n) is 5.15. The van der Waals surface area contributed by atoms with Crippen LogP contribution in [0.25, 0.3) is 0 Å². The fourth-order valence-corrected chi connectivity index (χ4v) is 7.25. The van der Waals surface area contributed by atoms with Crippen LogP contribution in [0.4, 0.5) is 8.78 Å². The minimum absolute atomic E-state index is 0.137. The van der Waals surface area contributed by atoms with Gasteiger partial charge in [0.2, 0.25) is 11.8 Å². The van der Waals surface area contributed by atoms with E-state index < -0.39 is 21.9 Å². The smallest absolute Gasteiger partial charge is 0.248 e. The molecular formula is C27H35F2N3O2S. The number of rotatable bonds is 6. The molecule has 1 unspecified atom stereocenters. The van der Waals surface area contributed by atoms with Gasteiger partial charge in [-0.3, -0.25) is 4.79 Å². The van der Waals surface area contributed by atoms with Gasteiger partial charge in [-0.25, -0.2) is 21.7 Å². The number of carbonyl (C=O) groups excluding carboxylic acids is 1. The minimum Gasteiger partial charge on any atom is -0.334 e. The highest BCUT2D eigenvalue weighted by molar-refractivity contribution is 7.91. The first kappa shape index (κ1) is 25.8. The molecule has 2 atom stereocenters. The lowest BCUT2D eigenvalue weighted by atomic mass is 9.90. The molecule has 2 aliphatic rings. The molecule has 35 heavy (non-hydrogen) atoms. The van der Waals surface area contributed by atoms with Crippen molar-refractivity contribution in [1.82, 2.24) is 9.21 Å². The van der Waals surface area contributed by atoms with Crippen molar-refractivity contribution in [2.45, 2.75) is 81.8 Å². The lowest BCUT2D eigenvalue weighted by molar-refractivity contribution is -0.141. The number of nitrogens with zero attached hydrogens (tertiary/aromatic N) is 3. The van der Waals surface area contributed by atoms with Gasteiger partial charge in [0.15, 0.2) is 0 Å². The summed E-state index contributed by atoms with van der Waals surface area (Å²) in [7, 11) is -1.43. The normalized spacial score (nSPS) is 22.5. The van der Waals surface area contributed by atoms with E-state index in [1.165, 1.54) is 7.05 Å². The number of amides is 1. The predicted molar refractivity (Wildman–Crippen MR) is 135 cm³/mol. The van der Waals surface area contributed by atoms with E-state index in [0.29, 0.717) is 24.4 Å². The molecule has 8 heteroatoms. The van der Waals surface area contributed by atoms with Crippen molar-refractivity contribution in [2.75, 3.05) is 13.6 Å². The van der Waals surface area contributed by atoms with Crippen molar-refractivity contribution in [3.05, 3.63) is 65.2 Å². The Balaban J connectivity index is 1.64. The first-order valence-electron chi connectivity index (χ1n) is 12.4. The molecule has 1 aliphatic carbocycles. The van der Waals surface area contributed by atoms with Crippen LogP contribution < -0.4 is 0 Å². The van der Waals surface area contributed by atoms with Crippen molar-refractivity contribution in [3.63, 3.8) is 0 Å². The first-order valence-corrected chi connectivity index (χ1v) is 13.8. The van der Waals surface area contributed by atoms with Gasteiger partial charge >= 0.3 is 0 Å². The second-order valence-corrected chi connectivity index (χ2v) is 12.1. The Bertz CT molecular complexity index is 1150. The SMILES string of the molecule is CN=S(=O)(c1ccc(C)cc1)N1CCC[C@H]1C(=O)N(Cc1ccc(C)cc1)C1CCC(F)(F)CC1. The zero-order valence-corrected chi connectivity index (χ0v) is 21.6. The van der Waals surface area contributed by atoms with Crippen LogP contribution in [0.3, 0.4) is 0 Å². The van der Waals surface area contributed by atoms with E-state index in [2.05, 4.69) is 4.36 Å². The van der Waals surface area contributed by atoms with E-state index in [9.17, 15) is 17.8 Å². The number of alkyl halides is 2. The second-order valence-electron chi connectivity index (χ2n) is 9.83. The molecule has 2 fully saturated rings. The van der Waals surface area contributed by atoms with Crippen LogP contribution in [0.1, 0.15) is 55.2 Å². The topological polar surface area (TPSA) is 53.0 Å². The second kappa shape index (κ2) is 10.3. The highest BCUT2D eigenvalue weighted by Crippen LogP contribution is 2.37.